The molecule has 0 saturated heterocycles. The van der Waals surface area contributed by atoms with Crippen molar-refractivity contribution >= 4 is 27.5 Å². The van der Waals surface area contributed by atoms with Gasteiger partial charge < -0.3 is 9.47 Å². The minimum atomic E-state index is -0.297. The lowest BCUT2D eigenvalue weighted by Gasteiger charge is -2.14. The second kappa shape index (κ2) is 9.36. The van der Waals surface area contributed by atoms with Crippen molar-refractivity contribution in [3.8, 4) is 28.3 Å². The molecule has 0 bridgehead atoms. The van der Waals surface area contributed by atoms with Crippen molar-refractivity contribution in [2.24, 2.45) is 0 Å². The average Bonchev–Trinajstić information content (AvgIpc) is 3.25. The van der Waals surface area contributed by atoms with E-state index in [-0.39, 0.29) is 17.9 Å². The van der Waals surface area contributed by atoms with E-state index in [1.807, 2.05) is 60.8 Å². The van der Waals surface area contributed by atoms with Gasteiger partial charge in [0.15, 0.2) is 0 Å². The molecule has 0 atom stereocenters. The molecule has 2 aromatic carbocycles. The van der Waals surface area contributed by atoms with Gasteiger partial charge in [-0.05, 0) is 25.5 Å². The van der Waals surface area contributed by atoms with Crippen LogP contribution >= 0.6 is 11.3 Å². The number of fused-ring (bicyclic) bond motifs is 1. The second-order valence-electron chi connectivity index (χ2n) is 7.47. The third kappa shape index (κ3) is 4.16. The summed E-state index contributed by atoms with van der Waals surface area (Å²) in [6, 6.07) is 15.5. The molecular weight excluding hydrogens is 424 g/mol. The van der Waals surface area contributed by atoms with E-state index in [0.717, 1.165) is 22.3 Å². The van der Waals surface area contributed by atoms with Crippen LogP contribution in [0.5, 0.6) is 5.75 Å². The van der Waals surface area contributed by atoms with E-state index < -0.39 is 0 Å². The summed E-state index contributed by atoms with van der Waals surface area (Å²) >= 11 is 1.44. The fourth-order valence-electron chi connectivity index (χ4n) is 3.75. The van der Waals surface area contributed by atoms with Crippen molar-refractivity contribution in [1.29, 1.82) is 0 Å². The Morgan fingerprint density at radius 2 is 1.88 bits per heavy atom. The van der Waals surface area contributed by atoms with Crippen LogP contribution in [-0.2, 0) is 16.1 Å². The van der Waals surface area contributed by atoms with Crippen LogP contribution in [-0.4, -0.2) is 29.7 Å². The third-order valence-corrected chi connectivity index (χ3v) is 6.23. The maximum absolute atomic E-state index is 13.8. The van der Waals surface area contributed by atoms with E-state index in [0.29, 0.717) is 34.8 Å². The van der Waals surface area contributed by atoms with Crippen LogP contribution < -0.4 is 10.3 Å². The van der Waals surface area contributed by atoms with Crippen molar-refractivity contribution in [2.75, 3.05) is 14.2 Å². The maximum atomic E-state index is 13.8. The predicted octanol–water partition coefficient (Wildman–Crippen LogP) is 5.06. The van der Waals surface area contributed by atoms with Gasteiger partial charge in [0.1, 0.15) is 16.4 Å². The molecule has 2 aromatic heterocycles. The molecule has 0 unspecified atom stereocenters. The molecule has 32 heavy (non-hydrogen) atoms. The minimum Gasteiger partial charge on any atom is -0.496 e. The average molecular weight is 449 g/mol. The minimum absolute atomic E-state index is 0.126. The summed E-state index contributed by atoms with van der Waals surface area (Å²) in [7, 11) is 2.99. The van der Waals surface area contributed by atoms with Gasteiger partial charge >= 0.3 is 5.97 Å². The number of nitrogens with zero attached hydrogens (tertiary/aromatic N) is 2. The Bertz CT molecular complexity index is 1330. The lowest BCUT2D eigenvalue weighted by atomic mass is 10.0. The number of esters is 1. The molecule has 4 rings (SSSR count). The highest BCUT2D eigenvalue weighted by Gasteiger charge is 2.20. The molecule has 0 aliphatic heterocycles. The highest BCUT2D eigenvalue weighted by molar-refractivity contribution is 7.17. The van der Waals surface area contributed by atoms with Crippen LogP contribution in [0, 0.1) is 6.92 Å². The molecule has 2 heterocycles. The molecule has 0 saturated carbocycles. The van der Waals surface area contributed by atoms with Gasteiger partial charge in [0.05, 0.1) is 19.6 Å². The standard InChI is InChI=1S/C25H24N2O4S/c1-16-11-12-20(30-2)18(14-16)19-15-32-24-22(19)25(29)27(13-7-10-21(28)31-3)23(26-24)17-8-5-4-6-9-17/h4-6,8-9,11-12,14-15H,7,10,13H2,1-3H3. The van der Waals surface area contributed by atoms with Crippen molar-refractivity contribution in [3.05, 3.63) is 69.8 Å². The van der Waals surface area contributed by atoms with E-state index in [2.05, 4.69) is 0 Å². The highest BCUT2D eigenvalue weighted by atomic mass is 32.1. The first-order valence-electron chi connectivity index (χ1n) is 10.3. The number of aromatic nitrogens is 2. The molecule has 6 nitrogen and oxygen atoms in total. The number of hydrogen-bond donors (Lipinski definition) is 0. The molecule has 0 amide bonds. The summed E-state index contributed by atoms with van der Waals surface area (Å²) in [6.45, 7) is 2.37. The van der Waals surface area contributed by atoms with Gasteiger partial charge in [-0.1, -0.05) is 42.0 Å². The lowest BCUT2D eigenvalue weighted by molar-refractivity contribution is -0.140. The molecule has 0 spiro atoms. The summed E-state index contributed by atoms with van der Waals surface area (Å²) in [5, 5.41) is 2.53. The number of benzene rings is 2. The zero-order valence-electron chi connectivity index (χ0n) is 18.3. The molecule has 4 aromatic rings. The van der Waals surface area contributed by atoms with Crippen molar-refractivity contribution in [1.82, 2.24) is 9.55 Å². The number of methoxy groups -OCH3 is 2. The third-order valence-electron chi connectivity index (χ3n) is 5.36. The molecular formula is C25H24N2O4S. The van der Waals surface area contributed by atoms with Gasteiger partial charge in [0, 0.05) is 35.0 Å². The molecule has 7 heteroatoms. The van der Waals surface area contributed by atoms with E-state index in [1.54, 1.807) is 11.7 Å². The first-order valence-corrected chi connectivity index (χ1v) is 11.2. The monoisotopic (exact) mass is 448 g/mol. The van der Waals surface area contributed by atoms with Gasteiger partial charge in [-0.3, -0.25) is 14.2 Å². The van der Waals surface area contributed by atoms with Gasteiger partial charge in [0.25, 0.3) is 5.56 Å². The highest BCUT2D eigenvalue weighted by Crippen LogP contribution is 2.37. The van der Waals surface area contributed by atoms with E-state index in [9.17, 15) is 9.59 Å². The zero-order valence-corrected chi connectivity index (χ0v) is 19.1. The van der Waals surface area contributed by atoms with E-state index in [4.69, 9.17) is 14.5 Å². The van der Waals surface area contributed by atoms with Crippen LogP contribution in [0.2, 0.25) is 0 Å². The number of aryl methyl sites for hydroxylation is 1. The molecule has 0 radical (unpaired) electrons. The van der Waals surface area contributed by atoms with Crippen LogP contribution in [0.3, 0.4) is 0 Å². The van der Waals surface area contributed by atoms with Gasteiger partial charge in [-0.15, -0.1) is 11.3 Å². The van der Waals surface area contributed by atoms with Gasteiger partial charge in [0.2, 0.25) is 0 Å². The quantitative estimate of drug-likeness (QED) is 0.370. The zero-order chi connectivity index (χ0) is 22.7. The Morgan fingerprint density at radius 3 is 2.59 bits per heavy atom. The summed E-state index contributed by atoms with van der Waals surface area (Å²) in [5.41, 5.74) is 3.48. The molecule has 164 valence electrons. The largest absolute Gasteiger partial charge is 0.496 e. The lowest BCUT2D eigenvalue weighted by Crippen LogP contribution is -2.24. The Hall–Kier alpha value is -3.45. The first-order chi connectivity index (χ1) is 15.5. The van der Waals surface area contributed by atoms with Crippen molar-refractivity contribution < 1.29 is 14.3 Å². The van der Waals surface area contributed by atoms with Crippen molar-refractivity contribution in [2.45, 2.75) is 26.3 Å². The normalized spacial score (nSPS) is 11.0. The van der Waals surface area contributed by atoms with E-state index in [1.165, 1.54) is 18.4 Å². The fraction of sp³-hybridized carbons (Fsp3) is 0.240. The fourth-order valence-corrected chi connectivity index (χ4v) is 4.68. The summed E-state index contributed by atoms with van der Waals surface area (Å²) < 4.78 is 12.0. The topological polar surface area (TPSA) is 70.4 Å². The number of hydrogen-bond acceptors (Lipinski definition) is 6. The number of ether oxygens (including phenoxy) is 2. The first kappa shape index (κ1) is 21.8. The summed E-state index contributed by atoms with van der Waals surface area (Å²) in [6.07, 6.45) is 0.713. The number of carbonyl (C=O) groups is 1. The number of thiophene rings is 1. The molecule has 0 N–H and O–H groups in total. The Morgan fingerprint density at radius 1 is 1.09 bits per heavy atom. The SMILES string of the molecule is COC(=O)CCCn1c(-c2ccccc2)nc2scc(-c3cc(C)ccc3OC)c2c1=O. The van der Waals surface area contributed by atoms with Crippen LogP contribution in [0.4, 0.5) is 0 Å². The summed E-state index contributed by atoms with van der Waals surface area (Å²) in [4.78, 5) is 30.9. The predicted molar refractivity (Wildman–Crippen MR) is 127 cm³/mol. The van der Waals surface area contributed by atoms with Crippen LogP contribution in [0.1, 0.15) is 18.4 Å². The van der Waals surface area contributed by atoms with Crippen molar-refractivity contribution in [3.63, 3.8) is 0 Å². The second-order valence-corrected chi connectivity index (χ2v) is 8.33. The van der Waals surface area contributed by atoms with Crippen LogP contribution in [0.25, 0.3) is 32.7 Å². The van der Waals surface area contributed by atoms with Crippen LogP contribution in [0.15, 0.2) is 58.7 Å². The van der Waals surface area contributed by atoms with Gasteiger partial charge in [-0.2, -0.15) is 0 Å². The number of carbonyl (C=O) groups excluding carboxylic acids is 1. The Balaban J connectivity index is 1.91. The molecule has 0 aliphatic carbocycles. The summed E-state index contributed by atoms with van der Waals surface area (Å²) in [5.74, 6) is 1.01. The molecule has 0 aliphatic rings. The molecule has 0 fully saturated rings. The maximum Gasteiger partial charge on any atom is 0.305 e. The van der Waals surface area contributed by atoms with Gasteiger partial charge in [-0.25, -0.2) is 4.98 Å². The Labute approximate surface area is 190 Å². The number of rotatable bonds is 7. The Kier molecular flexibility index (Phi) is 6.37. The van der Waals surface area contributed by atoms with E-state index >= 15 is 0 Å². The smallest absolute Gasteiger partial charge is 0.305 e.